The summed E-state index contributed by atoms with van der Waals surface area (Å²) >= 11 is 0. The van der Waals surface area contributed by atoms with Crippen LogP contribution < -0.4 is 15.6 Å². The zero-order valence-electron chi connectivity index (χ0n) is 14.4. The Balaban J connectivity index is 1.57. The summed E-state index contributed by atoms with van der Waals surface area (Å²) in [5.41, 5.74) is 1.75. The summed E-state index contributed by atoms with van der Waals surface area (Å²) in [7, 11) is 0. The lowest BCUT2D eigenvalue weighted by Gasteiger charge is -2.28. The molecule has 2 aliphatic rings. The number of hydrogen-bond acceptors (Lipinski definition) is 4. The normalized spacial score (nSPS) is 18.1. The van der Waals surface area contributed by atoms with Crippen LogP contribution in [0.3, 0.4) is 0 Å². The number of carbonyl (C=O) groups is 2. The molecule has 2 aliphatic heterocycles. The number of nitrogens with zero attached hydrogens (tertiary/aromatic N) is 3. The lowest BCUT2D eigenvalue weighted by atomic mass is 10.1. The third-order valence-electron chi connectivity index (χ3n) is 4.70. The van der Waals surface area contributed by atoms with Gasteiger partial charge in [-0.3, -0.25) is 9.59 Å². The lowest BCUT2D eigenvalue weighted by molar-refractivity contribution is -0.114. The standard InChI is InChI=1S/C21H19N3O2/c25-20(14-19-21(26)23-18-7-3-2-6-17(18)22-19)15-8-10-16(11-9-15)24-12-4-1-5-13-24/h2-3,6-11,14H,1,4-5,12-13H2/b19-14-. The van der Waals surface area contributed by atoms with E-state index in [0.717, 1.165) is 18.8 Å². The van der Waals surface area contributed by atoms with Gasteiger partial charge in [-0.05, 0) is 55.7 Å². The van der Waals surface area contributed by atoms with Gasteiger partial charge in [0.25, 0.3) is 5.91 Å². The summed E-state index contributed by atoms with van der Waals surface area (Å²) in [4.78, 5) is 35.2. The van der Waals surface area contributed by atoms with Gasteiger partial charge in [-0.15, -0.1) is 0 Å². The minimum atomic E-state index is -0.484. The van der Waals surface area contributed by atoms with E-state index >= 15 is 0 Å². The van der Waals surface area contributed by atoms with E-state index in [9.17, 15) is 9.59 Å². The molecule has 0 unspecified atom stereocenters. The number of piperidine rings is 1. The first kappa shape index (κ1) is 16.4. The second-order valence-electron chi connectivity index (χ2n) is 6.51. The van der Waals surface area contributed by atoms with Crippen LogP contribution in [0.5, 0.6) is 0 Å². The van der Waals surface area contributed by atoms with Crippen LogP contribution in [0.15, 0.2) is 70.3 Å². The first-order valence-corrected chi connectivity index (χ1v) is 8.88. The smallest absolute Gasteiger partial charge is 0.296 e. The van der Waals surface area contributed by atoms with Crippen LogP contribution in [-0.2, 0) is 4.79 Å². The van der Waals surface area contributed by atoms with E-state index in [4.69, 9.17) is 0 Å². The van der Waals surface area contributed by atoms with Gasteiger partial charge in [0.05, 0.1) is 10.7 Å². The molecular weight excluding hydrogens is 326 g/mol. The maximum Gasteiger partial charge on any atom is 0.296 e. The Morgan fingerprint density at radius 3 is 2.23 bits per heavy atom. The number of anilines is 1. The fourth-order valence-electron chi connectivity index (χ4n) is 3.29. The average molecular weight is 345 g/mol. The van der Waals surface area contributed by atoms with Crippen molar-refractivity contribution < 1.29 is 9.59 Å². The number of rotatable bonds is 3. The average Bonchev–Trinajstić information content (AvgIpc) is 2.69. The van der Waals surface area contributed by atoms with Gasteiger partial charge < -0.3 is 4.90 Å². The highest BCUT2D eigenvalue weighted by Crippen LogP contribution is 2.20. The van der Waals surface area contributed by atoms with Crippen LogP contribution in [0.2, 0.25) is 0 Å². The third kappa shape index (κ3) is 3.33. The van der Waals surface area contributed by atoms with Gasteiger partial charge >= 0.3 is 0 Å². The molecule has 0 bridgehead atoms. The molecule has 0 N–H and O–H groups in total. The zero-order chi connectivity index (χ0) is 17.9. The molecular formula is C21H19N3O2. The largest absolute Gasteiger partial charge is 0.372 e. The molecule has 2 aromatic rings. The molecule has 26 heavy (non-hydrogen) atoms. The van der Waals surface area contributed by atoms with Crippen LogP contribution in [-0.4, -0.2) is 24.8 Å². The third-order valence-corrected chi connectivity index (χ3v) is 4.70. The highest BCUT2D eigenvalue weighted by molar-refractivity contribution is 6.09. The summed E-state index contributed by atoms with van der Waals surface area (Å²) in [6.07, 6.45) is 4.98. The Labute approximate surface area is 151 Å². The van der Waals surface area contributed by atoms with Gasteiger partial charge in [0.2, 0.25) is 0 Å². The highest BCUT2D eigenvalue weighted by Gasteiger charge is 2.15. The van der Waals surface area contributed by atoms with E-state index in [1.165, 1.54) is 25.3 Å². The maximum absolute atomic E-state index is 12.5. The van der Waals surface area contributed by atoms with Crippen molar-refractivity contribution in [2.24, 2.45) is 9.98 Å². The van der Waals surface area contributed by atoms with E-state index in [2.05, 4.69) is 14.9 Å². The predicted molar refractivity (Wildman–Crippen MR) is 98.7 cm³/mol. The van der Waals surface area contributed by atoms with E-state index in [1.807, 2.05) is 30.3 Å². The number of para-hydroxylation sites is 2. The van der Waals surface area contributed by atoms with Crippen LogP contribution in [0.1, 0.15) is 29.6 Å². The summed E-state index contributed by atoms with van der Waals surface area (Å²) in [5, 5.41) is 1.14. The molecule has 1 amide bonds. The van der Waals surface area contributed by atoms with Crippen LogP contribution in [0, 0.1) is 0 Å². The Morgan fingerprint density at radius 2 is 1.54 bits per heavy atom. The second kappa shape index (κ2) is 7.04. The van der Waals surface area contributed by atoms with Crippen molar-refractivity contribution >= 4 is 17.4 Å². The monoisotopic (exact) mass is 345 g/mol. The van der Waals surface area contributed by atoms with Gasteiger partial charge in [0.1, 0.15) is 5.70 Å². The molecule has 5 heteroatoms. The summed E-state index contributed by atoms with van der Waals surface area (Å²) in [6, 6.07) is 14.7. The second-order valence-corrected chi connectivity index (χ2v) is 6.51. The highest BCUT2D eigenvalue weighted by atomic mass is 16.1. The maximum atomic E-state index is 12.5. The van der Waals surface area contributed by atoms with E-state index in [-0.39, 0.29) is 11.5 Å². The zero-order valence-corrected chi connectivity index (χ0v) is 14.4. The van der Waals surface area contributed by atoms with Crippen molar-refractivity contribution in [2.45, 2.75) is 19.3 Å². The van der Waals surface area contributed by atoms with Crippen molar-refractivity contribution in [3.05, 3.63) is 76.6 Å². The van der Waals surface area contributed by atoms with Crippen molar-refractivity contribution in [1.82, 2.24) is 0 Å². The van der Waals surface area contributed by atoms with Crippen molar-refractivity contribution in [3.63, 3.8) is 0 Å². The molecule has 130 valence electrons. The van der Waals surface area contributed by atoms with Crippen molar-refractivity contribution in [2.75, 3.05) is 18.0 Å². The summed E-state index contributed by atoms with van der Waals surface area (Å²) in [6.45, 7) is 2.12. The minimum absolute atomic E-state index is 0.0776. The topological polar surface area (TPSA) is 62.1 Å². The molecule has 2 aromatic carbocycles. The number of benzene rings is 2. The Hall–Kier alpha value is -3.08. The quantitative estimate of drug-likeness (QED) is 0.633. The minimum Gasteiger partial charge on any atom is -0.372 e. The number of allylic oxidation sites excluding steroid dienone is 1. The van der Waals surface area contributed by atoms with Gasteiger partial charge in [0, 0.05) is 30.4 Å². The number of carbonyl (C=O) groups excluding carboxylic acids is 2. The molecule has 0 radical (unpaired) electrons. The fraction of sp³-hybridized carbons (Fsp3) is 0.238. The van der Waals surface area contributed by atoms with E-state index < -0.39 is 5.91 Å². The molecule has 0 spiro atoms. The predicted octanol–water partition coefficient (Wildman–Crippen LogP) is 2.22. The molecule has 0 saturated carbocycles. The number of ketones is 1. The van der Waals surface area contributed by atoms with Crippen LogP contribution >= 0.6 is 0 Å². The number of hydrogen-bond donors (Lipinski definition) is 0. The van der Waals surface area contributed by atoms with Crippen molar-refractivity contribution in [3.8, 4) is 0 Å². The van der Waals surface area contributed by atoms with Gasteiger partial charge in [-0.2, -0.15) is 0 Å². The molecule has 4 rings (SSSR count). The van der Waals surface area contributed by atoms with Gasteiger partial charge in [-0.1, -0.05) is 12.1 Å². The van der Waals surface area contributed by atoms with E-state index in [0.29, 0.717) is 16.3 Å². The van der Waals surface area contributed by atoms with Crippen LogP contribution in [0.4, 0.5) is 5.69 Å². The summed E-state index contributed by atoms with van der Waals surface area (Å²) < 4.78 is 0. The van der Waals surface area contributed by atoms with Crippen LogP contribution in [0.25, 0.3) is 0 Å². The van der Waals surface area contributed by atoms with Crippen molar-refractivity contribution in [1.29, 1.82) is 0 Å². The number of amides is 1. The van der Waals surface area contributed by atoms with E-state index in [1.54, 1.807) is 18.2 Å². The Kier molecular flexibility index (Phi) is 4.44. The number of fused-ring (bicyclic) bond motifs is 1. The lowest BCUT2D eigenvalue weighted by Crippen LogP contribution is -2.30. The Morgan fingerprint density at radius 1 is 0.885 bits per heavy atom. The fourth-order valence-corrected chi connectivity index (χ4v) is 3.29. The summed E-state index contributed by atoms with van der Waals surface area (Å²) in [5.74, 6) is -0.723. The first-order valence-electron chi connectivity index (χ1n) is 8.88. The molecule has 1 saturated heterocycles. The molecule has 0 atom stereocenters. The SMILES string of the molecule is O=C1N=c2ccccc2=N/C1=C\C(=O)c1ccc(N2CCCCC2)cc1. The molecule has 5 nitrogen and oxygen atoms in total. The Bertz CT molecular complexity index is 1000. The first-order chi connectivity index (χ1) is 12.7. The molecule has 2 heterocycles. The van der Waals surface area contributed by atoms with Gasteiger partial charge in [-0.25, -0.2) is 9.98 Å². The molecule has 1 fully saturated rings. The van der Waals surface area contributed by atoms with Gasteiger partial charge in [0.15, 0.2) is 5.78 Å². The molecule has 0 aliphatic carbocycles. The molecule has 0 aromatic heterocycles.